The molecular formula is C29H29FN4O2. The van der Waals surface area contributed by atoms with Crippen LogP contribution in [-0.4, -0.2) is 59.3 Å². The average Bonchev–Trinajstić information content (AvgIpc) is 2.89. The second-order valence-electron chi connectivity index (χ2n) is 9.49. The predicted molar refractivity (Wildman–Crippen MR) is 137 cm³/mol. The Kier molecular flexibility index (Phi) is 6.99. The standard InChI is InChI=1S/C29H29FN4O2/c30-24-10-12-25(13-11-24)32-29(36)33-14-1-2-15-34-26(18-33)28(27(34)19-35)22-8-6-21(7-9-22)23-5-3-4-20(16-23)17-31/h3-13,16,26-28,35H,1-2,14-15,18-19H2,(H,32,36)/t26-,27+,28-/m0/s1. The summed E-state index contributed by atoms with van der Waals surface area (Å²) in [6, 6.07) is 23.8. The van der Waals surface area contributed by atoms with Crippen LogP contribution in [0.2, 0.25) is 0 Å². The Bertz CT molecular complexity index is 1260. The minimum absolute atomic E-state index is 0.0166. The van der Waals surface area contributed by atoms with Crippen molar-refractivity contribution in [3.05, 3.63) is 89.7 Å². The molecule has 2 N–H and O–H groups in total. The summed E-state index contributed by atoms with van der Waals surface area (Å²) in [5.74, 6) is -0.236. The van der Waals surface area contributed by atoms with Gasteiger partial charge in [-0.05, 0) is 72.5 Å². The lowest BCUT2D eigenvalue weighted by atomic mass is 9.74. The van der Waals surface area contributed by atoms with Gasteiger partial charge in [0.05, 0.1) is 18.2 Å². The van der Waals surface area contributed by atoms with E-state index >= 15 is 0 Å². The number of rotatable bonds is 4. The summed E-state index contributed by atoms with van der Waals surface area (Å²) in [7, 11) is 0. The topological polar surface area (TPSA) is 79.6 Å². The van der Waals surface area contributed by atoms with Crippen molar-refractivity contribution >= 4 is 11.7 Å². The maximum Gasteiger partial charge on any atom is 0.321 e. The zero-order chi connectivity index (χ0) is 25.1. The van der Waals surface area contributed by atoms with E-state index in [1.165, 1.54) is 12.1 Å². The predicted octanol–water partition coefficient (Wildman–Crippen LogP) is 4.82. The molecule has 36 heavy (non-hydrogen) atoms. The van der Waals surface area contributed by atoms with Crippen LogP contribution in [0.15, 0.2) is 72.8 Å². The molecule has 3 atom stereocenters. The molecule has 3 aromatic carbocycles. The molecule has 3 aromatic rings. The highest BCUT2D eigenvalue weighted by molar-refractivity contribution is 5.89. The first kappa shape index (κ1) is 24.0. The van der Waals surface area contributed by atoms with Gasteiger partial charge in [0.2, 0.25) is 0 Å². The summed E-state index contributed by atoms with van der Waals surface area (Å²) in [5.41, 5.74) is 4.35. The van der Waals surface area contributed by atoms with Crippen LogP contribution in [0, 0.1) is 17.1 Å². The number of nitriles is 1. The number of carbonyl (C=O) groups is 1. The fourth-order valence-corrected chi connectivity index (χ4v) is 5.53. The second kappa shape index (κ2) is 10.5. The first-order valence-electron chi connectivity index (χ1n) is 12.4. The molecule has 5 rings (SSSR count). The molecule has 0 bridgehead atoms. The summed E-state index contributed by atoms with van der Waals surface area (Å²) >= 11 is 0. The number of carbonyl (C=O) groups excluding carboxylic acids is 1. The number of halogens is 1. The highest BCUT2D eigenvalue weighted by atomic mass is 19.1. The Hall–Kier alpha value is -3.73. The smallest absolute Gasteiger partial charge is 0.321 e. The van der Waals surface area contributed by atoms with E-state index in [2.05, 4.69) is 40.6 Å². The molecule has 2 aliphatic rings. The van der Waals surface area contributed by atoms with Crippen LogP contribution < -0.4 is 5.32 Å². The normalized spacial score (nSPS) is 21.9. The van der Waals surface area contributed by atoms with Gasteiger partial charge in [-0.25, -0.2) is 9.18 Å². The number of hydrogen-bond acceptors (Lipinski definition) is 4. The Morgan fingerprint density at radius 1 is 1.03 bits per heavy atom. The van der Waals surface area contributed by atoms with Crippen molar-refractivity contribution < 1.29 is 14.3 Å². The SMILES string of the molecule is N#Cc1cccc(-c2ccc([C@@H]3[C@@H](CO)N4CCCCN(C(=O)Nc5ccc(F)cc5)C[C@@H]34)cc2)c1. The lowest BCUT2D eigenvalue weighted by molar-refractivity contribution is -0.0585. The quantitative estimate of drug-likeness (QED) is 0.557. The monoisotopic (exact) mass is 484 g/mol. The van der Waals surface area contributed by atoms with Gasteiger partial charge in [0, 0.05) is 36.8 Å². The Labute approximate surface area is 210 Å². The number of anilines is 1. The highest BCUT2D eigenvalue weighted by Gasteiger charge is 2.49. The van der Waals surface area contributed by atoms with Crippen LogP contribution in [0.4, 0.5) is 14.9 Å². The van der Waals surface area contributed by atoms with Gasteiger partial charge in [0.25, 0.3) is 0 Å². The molecule has 0 radical (unpaired) electrons. The number of aliphatic hydroxyl groups is 1. The first-order chi connectivity index (χ1) is 17.6. The van der Waals surface area contributed by atoms with Crippen LogP contribution in [0.5, 0.6) is 0 Å². The van der Waals surface area contributed by atoms with Crippen LogP contribution in [0.25, 0.3) is 11.1 Å². The summed E-state index contributed by atoms with van der Waals surface area (Å²) in [6.07, 6.45) is 1.84. The number of aliphatic hydroxyl groups excluding tert-OH is 1. The molecule has 0 saturated carbocycles. The molecule has 0 aliphatic carbocycles. The number of nitrogens with one attached hydrogen (secondary N) is 1. The fourth-order valence-electron chi connectivity index (χ4n) is 5.53. The van der Waals surface area contributed by atoms with Crippen molar-refractivity contribution in [3.63, 3.8) is 0 Å². The van der Waals surface area contributed by atoms with Gasteiger partial charge in [-0.3, -0.25) is 4.90 Å². The van der Waals surface area contributed by atoms with Gasteiger partial charge in [0.15, 0.2) is 0 Å². The van der Waals surface area contributed by atoms with Crippen LogP contribution >= 0.6 is 0 Å². The number of hydrogen-bond donors (Lipinski definition) is 2. The van der Waals surface area contributed by atoms with E-state index in [-0.39, 0.29) is 36.5 Å². The van der Waals surface area contributed by atoms with Crippen molar-refractivity contribution in [2.75, 3.05) is 31.6 Å². The lowest BCUT2D eigenvalue weighted by Gasteiger charge is -2.57. The zero-order valence-electron chi connectivity index (χ0n) is 20.0. The average molecular weight is 485 g/mol. The largest absolute Gasteiger partial charge is 0.395 e. The van der Waals surface area contributed by atoms with E-state index < -0.39 is 0 Å². The van der Waals surface area contributed by atoms with Crippen molar-refractivity contribution in [3.8, 4) is 17.2 Å². The molecule has 6 nitrogen and oxygen atoms in total. The third-order valence-corrected chi connectivity index (χ3v) is 7.37. The van der Waals surface area contributed by atoms with Crippen LogP contribution in [-0.2, 0) is 0 Å². The van der Waals surface area contributed by atoms with Crippen LogP contribution in [0.1, 0.15) is 29.9 Å². The van der Waals surface area contributed by atoms with Crippen LogP contribution in [0.3, 0.4) is 0 Å². The molecule has 2 heterocycles. The molecule has 0 aromatic heterocycles. The second-order valence-corrected chi connectivity index (χ2v) is 9.49. The number of benzene rings is 3. The molecule has 2 fully saturated rings. The van der Waals surface area contributed by atoms with Gasteiger partial charge >= 0.3 is 6.03 Å². The van der Waals surface area contributed by atoms with E-state index in [1.54, 1.807) is 18.2 Å². The molecule has 2 aliphatic heterocycles. The molecule has 2 amide bonds. The molecule has 2 saturated heterocycles. The number of amides is 2. The molecule has 0 unspecified atom stereocenters. The molecular weight excluding hydrogens is 455 g/mol. The Morgan fingerprint density at radius 3 is 2.50 bits per heavy atom. The van der Waals surface area contributed by atoms with E-state index in [0.29, 0.717) is 24.3 Å². The Morgan fingerprint density at radius 2 is 1.78 bits per heavy atom. The third-order valence-electron chi connectivity index (χ3n) is 7.37. The fraction of sp³-hybridized carbons (Fsp3) is 0.310. The summed E-state index contributed by atoms with van der Waals surface area (Å²) in [4.78, 5) is 17.2. The number of nitrogens with zero attached hydrogens (tertiary/aromatic N) is 3. The van der Waals surface area contributed by atoms with Gasteiger partial charge in [-0.15, -0.1) is 0 Å². The third kappa shape index (κ3) is 4.83. The van der Waals surface area contributed by atoms with Gasteiger partial charge in [0.1, 0.15) is 5.82 Å². The lowest BCUT2D eigenvalue weighted by Crippen LogP contribution is -2.68. The minimum Gasteiger partial charge on any atom is -0.395 e. The van der Waals surface area contributed by atoms with Crippen molar-refractivity contribution in [2.24, 2.45) is 0 Å². The maximum atomic E-state index is 13.2. The zero-order valence-corrected chi connectivity index (χ0v) is 20.0. The van der Waals surface area contributed by atoms with Gasteiger partial charge in [-0.2, -0.15) is 5.26 Å². The maximum absolute atomic E-state index is 13.2. The molecule has 184 valence electrons. The van der Waals surface area contributed by atoms with Gasteiger partial charge < -0.3 is 15.3 Å². The highest BCUT2D eigenvalue weighted by Crippen LogP contribution is 2.42. The number of urea groups is 1. The van der Waals surface area contributed by atoms with Crippen molar-refractivity contribution in [2.45, 2.75) is 30.8 Å². The summed E-state index contributed by atoms with van der Waals surface area (Å²) < 4.78 is 13.2. The summed E-state index contributed by atoms with van der Waals surface area (Å²) in [5, 5.41) is 22.3. The first-order valence-corrected chi connectivity index (χ1v) is 12.4. The van der Waals surface area contributed by atoms with Crippen molar-refractivity contribution in [1.82, 2.24) is 9.80 Å². The van der Waals surface area contributed by atoms with E-state index in [0.717, 1.165) is 36.1 Å². The molecule has 0 spiro atoms. The van der Waals surface area contributed by atoms with Crippen molar-refractivity contribution in [1.29, 1.82) is 5.26 Å². The van der Waals surface area contributed by atoms with Gasteiger partial charge in [-0.1, -0.05) is 36.4 Å². The van der Waals surface area contributed by atoms with E-state index in [9.17, 15) is 19.6 Å². The molecule has 7 heteroatoms. The van der Waals surface area contributed by atoms with E-state index in [4.69, 9.17) is 0 Å². The summed E-state index contributed by atoms with van der Waals surface area (Å²) in [6.45, 7) is 2.18. The number of fused-ring (bicyclic) bond motifs is 1. The van der Waals surface area contributed by atoms with E-state index in [1.807, 2.05) is 23.1 Å². The minimum atomic E-state index is -0.342. The Balaban J connectivity index is 1.34.